The Bertz CT molecular complexity index is 1530. The van der Waals surface area contributed by atoms with Crippen LogP contribution in [-0.2, 0) is 19.6 Å². The fourth-order valence-electron chi connectivity index (χ4n) is 5.06. The van der Waals surface area contributed by atoms with E-state index < -0.39 is 11.2 Å². The number of hydrogen-bond donors (Lipinski definition) is 1. The molecule has 9 nitrogen and oxygen atoms in total. The lowest BCUT2D eigenvalue weighted by Crippen LogP contribution is -2.40. The lowest BCUT2D eigenvalue weighted by Gasteiger charge is -2.32. The molecular weight excluding hydrogens is 470 g/mol. The molecule has 194 valence electrons. The number of imidazole rings is 1. The van der Waals surface area contributed by atoms with Crippen molar-refractivity contribution in [3.05, 3.63) is 74.6 Å². The highest BCUT2D eigenvalue weighted by Gasteiger charge is 2.28. The third-order valence-corrected chi connectivity index (χ3v) is 7.07. The molecular formula is C28H33N5O4. The van der Waals surface area contributed by atoms with Crippen LogP contribution in [0.15, 0.2) is 52.1 Å². The quantitative estimate of drug-likeness (QED) is 0.376. The number of hydrogen-bond acceptors (Lipinski definition) is 6. The maximum absolute atomic E-state index is 13.7. The molecule has 1 saturated carbocycles. The molecule has 0 aliphatic heterocycles. The van der Waals surface area contributed by atoms with E-state index in [4.69, 9.17) is 14.7 Å². The largest absolute Gasteiger partial charge is 0.474 e. The van der Waals surface area contributed by atoms with Gasteiger partial charge in [-0.25, -0.2) is 14.8 Å². The summed E-state index contributed by atoms with van der Waals surface area (Å²) >= 11 is 0. The molecule has 0 atom stereocenters. The maximum Gasteiger partial charge on any atom is 0.332 e. The van der Waals surface area contributed by atoms with E-state index in [-0.39, 0.29) is 19.3 Å². The number of rotatable bonds is 9. The maximum atomic E-state index is 13.7. The first-order chi connectivity index (χ1) is 17.9. The van der Waals surface area contributed by atoms with Crippen LogP contribution in [0.3, 0.4) is 0 Å². The Morgan fingerprint density at radius 1 is 1.03 bits per heavy atom. The molecule has 1 fully saturated rings. The zero-order chi connectivity index (χ0) is 26.1. The molecule has 1 aliphatic carbocycles. The molecule has 1 aliphatic rings. The van der Waals surface area contributed by atoms with E-state index in [1.807, 2.05) is 60.9 Å². The Balaban J connectivity index is 1.69. The summed E-state index contributed by atoms with van der Waals surface area (Å²) in [6, 6.07) is 13.6. The molecule has 37 heavy (non-hydrogen) atoms. The molecule has 0 saturated heterocycles. The number of aryl methyl sites for hydroxylation is 2. The number of pyridine rings is 1. The molecule has 0 bridgehead atoms. The minimum atomic E-state index is -0.419. The van der Waals surface area contributed by atoms with Crippen LogP contribution < -0.4 is 16.0 Å². The van der Waals surface area contributed by atoms with Crippen LogP contribution in [0.5, 0.6) is 5.88 Å². The van der Waals surface area contributed by atoms with Gasteiger partial charge >= 0.3 is 5.69 Å². The van der Waals surface area contributed by atoms with Crippen molar-refractivity contribution in [3.8, 4) is 17.3 Å². The summed E-state index contributed by atoms with van der Waals surface area (Å²) in [6.07, 6.45) is 2.58. The van der Waals surface area contributed by atoms with Gasteiger partial charge in [-0.15, -0.1) is 0 Å². The highest BCUT2D eigenvalue weighted by atomic mass is 16.5. The smallest absolute Gasteiger partial charge is 0.332 e. The zero-order valence-electron chi connectivity index (χ0n) is 21.6. The van der Waals surface area contributed by atoms with E-state index in [1.54, 1.807) is 0 Å². The van der Waals surface area contributed by atoms with Crippen molar-refractivity contribution in [2.45, 2.75) is 65.8 Å². The van der Waals surface area contributed by atoms with Crippen LogP contribution in [0.1, 0.15) is 44.4 Å². The third kappa shape index (κ3) is 4.71. The summed E-state index contributed by atoms with van der Waals surface area (Å²) in [5, 5.41) is 9.33. The first-order valence-electron chi connectivity index (χ1n) is 12.9. The van der Waals surface area contributed by atoms with Gasteiger partial charge in [-0.1, -0.05) is 37.3 Å². The molecule has 1 aromatic carbocycles. The van der Waals surface area contributed by atoms with Gasteiger partial charge in [0.2, 0.25) is 5.88 Å². The van der Waals surface area contributed by atoms with Crippen molar-refractivity contribution >= 4 is 11.2 Å². The minimum Gasteiger partial charge on any atom is -0.474 e. The molecule has 0 amide bonds. The number of aromatic nitrogens is 5. The van der Waals surface area contributed by atoms with Gasteiger partial charge in [0, 0.05) is 37.9 Å². The van der Waals surface area contributed by atoms with Gasteiger partial charge in [0.15, 0.2) is 11.2 Å². The standard InChI is InChI=1S/C28H33N5O4/c1-4-31-26-24(27(35)32(28(31)36)13-8-14-34)33(17-20-9-6-5-7-10-20)25(30-26)22-11-12-23(29-19(22)3)37-21-15-18(2)16-21/h5-7,9-12,18,21,34H,4,8,13-17H2,1-3H3/t18-,21-. The Labute approximate surface area is 215 Å². The summed E-state index contributed by atoms with van der Waals surface area (Å²) in [5.74, 6) is 1.84. The average Bonchev–Trinajstić information content (AvgIpc) is 3.22. The molecule has 3 heterocycles. The zero-order valence-corrected chi connectivity index (χ0v) is 21.6. The number of ether oxygens (including phenoxy) is 1. The van der Waals surface area contributed by atoms with Gasteiger partial charge in [-0.05, 0) is 50.7 Å². The van der Waals surface area contributed by atoms with Gasteiger partial charge in [0.1, 0.15) is 11.9 Å². The van der Waals surface area contributed by atoms with E-state index in [0.29, 0.717) is 48.3 Å². The second kappa shape index (κ2) is 10.3. The first-order valence-corrected chi connectivity index (χ1v) is 12.9. The monoisotopic (exact) mass is 503 g/mol. The summed E-state index contributed by atoms with van der Waals surface area (Å²) < 4.78 is 10.7. The molecule has 1 N–H and O–H groups in total. The van der Waals surface area contributed by atoms with Crippen molar-refractivity contribution in [1.29, 1.82) is 0 Å². The van der Waals surface area contributed by atoms with Gasteiger partial charge < -0.3 is 14.4 Å². The Kier molecular flexibility index (Phi) is 6.97. The SMILES string of the molecule is CCn1c(=O)n(CCCO)c(=O)c2c1nc(-c1ccc(O[C@H]3C[C@H](C)C3)nc1C)n2Cc1ccccc1. The van der Waals surface area contributed by atoms with Crippen LogP contribution in [0.25, 0.3) is 22.6 Å². The number of fused-ring (bicyclic) bond motifs is 1. The van der Waals surface area contributed by atoms with Crippen molar-refractivity contribution in [2.75, 3.05) is 6.61 Å². The van der Waals surface area contributed by atoms with Gasteiger partial charge in [-0.3, -0.25) is 13.9 Å². The normalized spacial score (nSPS) is 17.2. The number of aliphatic hydroxyl groups is 1. The summed E-state index contributed by atoms with van der Waals surface area (Å²) in [6.45, 7) is 6.78. The van der Waals surface area contributed by atoms with Gasteiger partial charge in [-0.2, -0.15) is 0 Å². The molecule has 0 spiro atoms. The van der Waals surface area contributed by atoms with Crippen molar-refractivity contribution in [2.24, 2.45) is 5.92 Å². The van der Waals surface area contributed by atoms with E-state index in [1.165, 1.54) is 9.13 Å². The number of nitrogens with zero attached hydrogens (tertiary/aromatic N) is 5. The second-order valence-electron chi connectivity index (χ2n) is 9.84. The van der Waals surface area contributed by atoms with Crippen LogP contribution in [-0.4, -0.2) is 41.5 Å². The highest BCUT2D eigenvalue weighted by molar-refractivity contribution is 5.78. The van der Waals surface area contributed by atoms with Gasteiger partial charge in [0.05, 0.1) is 5.69 Å². The predicted octanol–water partition coefficient (Wildman–Crippen LogP) is 3.36. The van der Waals surface area contributed by atoms with E-state index in [0.717, 1.165) is 29.7 Å². The van der Waals surface area contributed by atoms with Gasteiger partial charge in [0.25, 0.3) is 5.56 Å². The van der Waals surface area contributed by atoms with Crippen LogP contribution >= 0.6 is 0 Å². The van der Waals surface area contributed by atoms with Crippen molar-refractivity contribution < 1.29 is 9.84 Å². The van der Waals surface area contributed by atoms with Crippen LogP contribution in [0.2, 0.25) is 0 Å². The van der Waals surface area contributed by atoms with Crippen molar-refractivity contribution in [3.63, 3.8) is 0 Å². The van der Waals surface area contributed by atoms with Crippen LogP contribution in [0.4, 0.5) is 0 Å². The summed E-state index contributed by atoms with van der Waals surface area (Å²) in [4.78, 5) is 36.4. The second-order valence-corrected chi connectivity index (χ2v) is 9.84. The predicted molar refractivity (Wildman–Crippen MR) is 142 cm³/mol. The lowest BCUT2D eigenvalue weighted by atomic mass is 9.84. The molecule has 0 unspecified atom stereocenters. The fourth-order valence-corrected chi connectivity index (χ4v) is 5.06. The molecule has 9 heteroatoms. The Hall–Kier alpha value is -3.72. The van der Waals surface area contributed by atoms with E-state index >= 15 is 0 Å². The first kappa shape index (κ1) is 25.0. The summed E-state index contributed by atoms with van der Waals surface area (Å²) in [7, 11) is 0. The molecule has 4 aromatic rings. The molecule has 3 aromatic heterocycles. The molecule has 5 rings (SSSR count). The average molecular weight is 504 g/mol. The lowest BCUT2D eigenvalue weighted by molar-refractivity contribution is 0.0694. The number of benzene rings is 1. The molecule has 0 radical (unpaired) electrons. The Morgan fingerprint density at radius 3 is 2.43 bits per heavy atom. The Morgan fingerprint density at radius 2 is 1.78 bits per heavy atom. The topological polar surface area (TPSA) is 104 Å². The van der Waals surface area contributed by atoms with Crippen molar-refractivity contribution in [1.82, 2.24) is 23.7 Å². The fraction of sp³-hybridized carbons (Fsp3) is 0.429. The third-order valence-electron chi connectivity index (χ3n) is 7.07. The number of aliphatic hydroxyl groups excluding tert-OH is 1. The highest BCUT2D eigenvalue weighted by Crippen LogP contribution is 2.32. The minimum absolute atomic E-state index is 0.108. The van der Waals surface area contributed by atoms with E-state index in [9.17, 15) is 14.7 Å². The van der Waals surface area contributed by atoms with E-state index in [2.05, 4.69) is 6.92 Å². The van der Waals surface area contributed by atoms with Crippen LogP contribution in [0, 0.1) is 12.8 Å². The summed E-state index contributed by atoms with van der Waals surface area (Å²) in [5.41, 5.74) is 2.41.